The normalized spacial score (nSPS) is 12.5. The fraction of sp³-hybridized carbons (Fsp3) is 0.125. The van der Waals surface area contributed by atoms with Crippen LogP contribution in [0.1, 0.15) is 17.0 Å². The molecule has 3 rings (SSSR count). The van der Waals surface area contributed by atoms with Crippen molar-refractivity contribution in [1.29, 1.82) is 0 Å². The molecule has 1 atom stereocenters. The van der Waals surface area contributed by atoms with Crippen molar-refractivity contribution in [1.82, 2.24) is 4.98 Å². The molecule has 1 heterocycles. The quantitative estimate of drug-likeness (QED) is 0.573. The van der Waals surface area contributed by atoms with Crippen LogP contribution in [0.2, 0.25) is 5.02 Å². The highest BCUT2D eigenvalue weighted by Crippen LogP contribution is 2.32. The molecule has 6 heteroatoms. The predicted octanol–water partition coefficient (Wildman–Crippen LogP) is 4.37. The Balaban J connectivity index is 2.13. The Kier molecular flexibility index (Phi) is 3.81. The molecule has 3 aromatic rings. The van der Waals surface area contributed by atoms with E-state index in [4.69, 9.17) is 11.6 Å². The lowest BCUT2D eigenvalue weighted by Gasteiger charge is -2.13. The molecule has 0 saturated carbocycles. The number of fused-ring (bicyclic) bond motifs is 1. The SMILES string of the molecule is O=[N+]([O-])C[C@H](c1ccc(F)cc1)c1c[nH]c2ccc(Cl)cc12. The lowest BCUT2D eigenvalue weighted by atomic mass is 9.91. The van der Waals surface area contributed by atoms with Crippen molar-refractivity contribution in [3.05, 3.63) is 80.7 Å². The Morgan fingerprint density at radius 3 is 2.64 bits per heavy atom. The third-order valence-corrected chi connectivity index (χ3v) is 3.89. The Labute approximate surface area is 130 Å². The highest BCUT2D eigenvalue weighted by Gasteiger charge is 2.23. The topological polar surface area (TPSA) is 58.9 Å². The van der Waals surface area contributed by atoms with Crippen LogP contribution in [-0.2, 0) is 0 Å². The molecule has 0 aliphatic rings. The summed E-state index contributed by atoms with van der Waals surface area (Å²) in [7, 11) is 0. The predicted molar refractivity (Wildman–Crippen MR) is 83.4 cm³/mol. The van der Waals surface area contributed by atoms with Gasteiger partial charge in [-0.3, -0.25) is 10.1 Å². The number of rotatable bonds is 4. The van der Waals surface area contributed by atoms with Gasteiger partial charge in [-0.25, -0.2) is 4.39 Å². The molecule has 0 radical (unpaired) electrons. The molecule has 1 N–H and O–H groups in total. The van der Waals surface area contributed by atoms with E-state index < -0.39 is 5.92 Å². The standard InChI is InChI=1S/C16H12ClFN2O2/c17-11-3-6-16-13(7-11)14(8-19-16)15(9-20(21)22)10-1-4-12(18)5-2-10/h1-8,15,19H,9H2/t15-/m1/s1. The summed E-state index contributed by atoms with van der Waals surface area (Å²) in [5.41, 5.74) is 2.33. The summed E-state index contributed by atoms with van der Waals surface area (Å²) in [5, 5.41) is 12.4. The van der Waals surface area contributed by atoms with Crippen LogP contribution in [0.4, 0.5) is 4.39 Å². The minimum atomic E-state index is -0.470. The molecule has 22 heavy (non-hydrogen) atoms. The number of nitrogens with zero attached hydrogens (tertiary/aromatic N) is 1. The Bertz CT molecular complexity index is 830. The van der Waals surface area contributed by atoms with E-state index in [1.54, 1.807) is 30.5 Å². The van der Waals surface area contributed by atoms with Crippen molar-refractivity contribution in [2.24, 2.45) is 0 Å². The number of hydrogen-bond acceptors (Lipinski definition) is 2. The zero-order valence-corrected chi connectivity index (χ0v) is 12.2. The molecule has 1 aromatic heterocycles. The third kappa shape index (κ3) is 2.80. The minimum Gasteiger partial charge on any atom is -0.361 e. The van der Waals surface area contributed by atoms with Crippen molar-refractivity contribution in [3.63, 3.8) is 0 Å². The lowest BCUT2D eigenvalue weighted by Crippen LogP contribution is -2.13. The van der Waals surface area contributed by atoms with Crippen LogP contribution in [0.15, 0.2) is 48.7 Å². The smallest absolute Gasteiger partial charge is 0.214 e. The lowest BCUT2D eigenvalue weighted by molar-refractivity contribution is -0.481. The maximum absolute atomic E-state index is 13.1. The number of hydrogen-bond donors (Lipinski definition) is 1. The van der Waals surface area contributed by atoms with E-state index in [1.807, 2.05) is 6.07 Å². The Morgan fingerprint density at radius 2 is 1.95 bits per heavy atom. The van der Waals surface area contributed by atoms with Gasteiger partial charge in [0.1, 0.15) is 5.82 Å². The maximum atomic E-state index is 13.1. The number of aromatic amines is 1. The van der Waals surface area contributed by atoms with Crippen LogP contribution in [0.3, 0.4) is 0 Å². The van der Waals surface area contributed by atoms with E-state index >= 15 is 0 Å². The first kappa shape index (κ1) is 14.5. The minimum absolute atomic E-state index is 0.273. The number of benzene rings is 2. The molecule has 0 fully saturated rings. The van der Waals surface area contributed by atoms with Gasteiger partial charge in [-0.15, -0.1) is 0 Å². The second-order valence-electron chi connectivity index (χ2n) is 5.05. The summed E-state index contributed by atoms with van der Waals surface area (Å²) in [6, 6.07) is 11.1. The van der Waals surface area contributed by atoms with Gasteiger partial charge >= 0.3 is 0 Å². The summed E-state index contributed by atoms with van der Waals surface area (Å²) in [4.78, 5) is 13.8. The zero-order chi connectivity index (χ0) is 15.7. The second-order valence-corrected chi connectivity index (χ2v) is 5.49. The molecule has 112 valence electrons. The van der Waals surface area contributed by atoms with Gasteiger partial charge in [-0.05, 0) is 41.5 Å². The van der Waals surface area contributed by atoms with Gasteiger partial charge in [-0.1, -0.05) is 23.7 Å². The van der Waals surface area contributed by atoms with E-state index in [1.165, 1.54) is 12.1 Å². The van der Waals surface area contributed by atoms with Crippen molar-refractivity contribution < 1.29 is 9.31 Å². The van der Waals surface area contributed by atoms with Gasteiger partial charge < -0.3 is 4.98 Å². The van der Waals surface area contributed by atoms with Crippen molar-refractivity contribution in [2.75, 3.05) is 6.54 Å². The van der Waals surface area contributed by atoms with E-state index in [9.17, 15) is 14.5 Å². The zero-order valence-electron chi connectivity index (χ0n) is 11.4. The summed E-state index contributed by atoms with van der Waals surface area (Å²) in [6.07, 6.45) is 1.75. The molecule has 0 aliphatic carbocycles. The molecule has 0 amide bonds. The Morgan fingerprint density at radius 1 is 1.23 bits per heavy atom. The first-order valence-corrected chi connectivity index (χ1v) is 7.06. The van der Waals surface area contributed by atoms with Crippen LogP contribution in [0.5, 0.6) is 0 Å². The summed E-state index contributed by atoms with van der Waals surface area (Å²) in [5.74, 6) is -0.839. The molecule has 4 nitrogen and oxygen atoms in total. The molecule has 0 bridgehead atoms. The molecular formula is C16H12ClFN2O2. The van der Waals surface area contributed by atoms with E-state index in [0.717, 1.165) is 16.5 Å². The van der Waals surface area contributed by atoms with Crippen LogP contribution < -0.4 is 0 Å². The highest BCUT2D eigenvalue weighted by atomic mass is 35.5. The van der Waals surface area contributed by atoms with Gasteiger partial charge in [0, 0.05) is 27.0 Å². The highest BCUT2D eigenvalue weighted by molar-refractivity contribution is 6.31. The summed E-state index contributed by atoms with van der Waals surface area (Å²) in [6.45, 7) is -0.273. The van der Waals surface area contributed by atoms with E-state index in [0.29, 0.717) is 10.6 Å². The monoisotopic (exact) mass is 318 g/mol. The van der Waals surface area contributed by atoms with Crippen LogP contribution in [-0.4, -0.2) is 16.5 Å². The number of halogens is 2. The fourth-order valence-electron chi connectivity index (χ4n) is 2.63. The number of H-pyrrole nitrogens is 1. The number of aromatic nitrogens is 1. The largest absolute Gasteiger partial charge is 0.361 e. The first-order chi connectivity index (χ1) is 10.5. The molecule has 0 aliphatic heterocycles. The second kappa shape index (κ2) is 5.77. The van der Waals surface area contributed by atoms with Crippen LogP contribution >= 0.6 is 11.6 Å². The van der Waals surface area contributed by atoms with Crippen molar-refractivity contribution >= 4 is 22.5 Å². The first-order valence-electron chi connectivity index (χ1n) is 6.68. The van der Waals surface area contributed by atoms with Gasteiger partial charge in [0.2, 0.25) is 6.54 Å². The molecule has 0 spiro atoms. The fourth-order valence-corrected chi connectivity index (χ4v) is 2.80. The number of nitrogens with one attached hydrogen (secondary N) is 1. The van der Waals surface area contributed by atoms with Gasteiger partial charge in [0.05, 0.1) is 5.92 Å². The number of nitro groups is 1. The third-order valence-electron chi connectivity index (χ3n) is 3.66. The van der Waals surface area contributed by atoms with Gasteiger partial charge in [-0.2, -0.15) is 0 Å². The molecular weight excluding hydrogens is 307 g/mol. The van der Waals surface area contributed by atoms with Crippen LogP contribution in [0.25, 0.3) is 10.9 Å². The summed E-state index contributed by atoms with van der Waals surface area (Å²) < 4.78 is 13.1. The summed E-state index contributed by atoms with van der Waals surface area (Å²) >= 11 is 6.03. The average molecular weight is 319 g/mol. The van der Waals surface area contributed by atoms with E-state index in [2.05, 4.69) is 4.98 Å². The van der Waals surface area contributed by atoms with Crippen LogP contribution in [0, 0.1) is 15.9 Å². The van der Waals surface area contributed by atoms with Crippen molar-refractivity contribution in [3.8, 4) is 0 Å². The average Bonchev–Trinajstić information content (AvgIpc) is 2.88. The Hall–Kier alpha value is -2.40. The maximum Gasteiger partial charge on any atom is 0.214 e. The van der Waals surface area contributed by atoms with E-state index in [-0.39, 0.29) is 17.3 Å². The molecule has 2 aromatic carbocycles. The van der Waals surface area contributed by atoms with Gasteiger partial charge in [0.25, 0.3) is 0 Å². The molecule has 0 unspecified atom stereocenters. The van der Waals surface area contributed by atoms with Crippen molar-refractivity contribution in [2.45, 2.75) is 5.92 Å². The van der Waals surface area contributed by atoms with Gasteiger partial charge in [0.15, 0.2) is 0 Å². The molecule has 0 saturated heterocycles.